The van der Waals surface area contributed by atoms with Crippen molar-refractivity contribution < 1.29 is 13.2 Å². The van der Waals surface area contributed by atoms with E-state index in [-0.39, 0.29) is 18.0 Å². The first-order valence-electron chi connectivity index (χ1n) is 10.2. The van der Waals surface area contributed by atoms with Crippen LogP contribution in [0.5, 0.6) is 0 Å². The predicted molar refractivity (Wildman–Crippen MR) is 140 cm³/mol. The van der Waals surface area contributed by atoms with Gasteiger partial charge in [-0.3, -0.25) is 4.79 Å². The molecule has 1 amide bonds. The topological polar surface area (TPSA) is 66.5 Å². The molecule has 1 N–H and O–H groups in total. The van der Waals surface area contributed by atoms with Crippen molar-refractivity contribution in [3.05, 3.63) is 91.3 Å². The van der Waals surface area contributed by atoms with Crippen molar-refractivity contribution in [2.45, 2.75) is 31.7 Å². The summed E-state index contributed by atoms with van der Waals surface area (Å²) in [5.74, 6) is -0.412. The molecule has 0 bridgehead atoms. The molecule has 0 saturated heterocycles. The quantitative estimate of drug-likeness (QED) is 0.312. The average Bonchev–Trinajstić information content (AvgIpc) is 2.76. The maximum absolute atomic E-state index is 13.4. The fourth-order valence-corrected chi connectivity index (χ4v) is 5.78. The molecule has 0 aliphatic rings. The third kappa shape index (κ3) is 6.67. The van der Waals surface area contributed by atoms with Gasteiger partial charge in [-0.25, -0.2) is 8.42 Å². The van der Waals surface area contributed by atoms with E-state index in [1.54, 1.807) is 0 Å². The molecule has 0 heterocycles. The van der Waals surface area contributed by atoms with Crippen molar-refractivity contribution in [3.63, 3.8) is 0 Å². The summed E-state index contributed by atoms with van der Waals surface area (Å²) < 4.78 is 29.8. The van der Waals surface area contributed by atoms with Gasteiger partial charge >= 0.3 is 0 Å². The molecule has 0 radical (unpaired) electrons. The van der Waals surface area contributed by atoms with Crippen molar-refractivity contribution in [3.8, 4) is 0 Å². The van der Waals surface area contributed by atoms with E-state index in [1.807, 2.05) is 50.2 Å². The number of rotatable bonds is 8. The van der Waals surface area contributed by atoms with Crippen LogP contribution in [0.2, 0.25) is 5.02 Å². The zero-order chi connectivity index (χ0) is 24.2. The summed E-state index contributed by atoms with van der Waals surface area (Å²) in [5, 5.41) is 3.35. The van der Waals surface area contributed by atoms with Crippen LogP contribution in [0.3, 0.4) is 0 Å². The Morgan fingerprint density at radius 2 is 1.64 bits per heavy atom. The molecule has 0 unspecified atom stereocenters. The van der Waals surface area contributed by atoms with Gasteiger partial charge in [-0.15, -0.1) is 0 Å². The van der Waals surface area contributed by atoms with Crippen LogP contribution in [0.15, 0.2) is 74.5 Å². The Morgan fingerprint density at radius 3 is 2.24 bits per heavy atom. The van der Waals surface area contributed by atoms with Crippen LogP contribution in [-0.2, 0) is 27.8 Å². The zero-order valence-electron chi connectivity index (χ0n) is 18.1. The van der Waals surface area contributed by atoms with E-state index in [0.717, 1.165) is 32.1 Å². The van der Waals surface area contributed by atoms with Gasteiger partial charge in [0.15, 0.2) is 0 Å². The number of carbonyl (C=O) groups is 1. The van der Waals surface area contributed by atoms with E-state index < -0.39 is 15.9 Å². The Balaban J connectivity index is 1.92. The fraction of sp³-hybridized carbons (Fsp3) is 0.208. The molecule has 3 aromatic carbocycles. The third-order valence-corrected chi connectivity index (χ3v) is 8.12. The van der Waals surface area contributed by atoms with Crippen LogP contribution in [-0.4, -0.2) is 25.2 Å². The van der Waals surface area contributed by atoms with E-state index in [4.69, 9.17) is 11.6 Å². The van der Waals surface area contributed by atoms with E-state index >= 15 is 0 Å². The van der Waals surface area contributed by atoms with Gasteiger partial charge in [0, 0.05) is 26.2 Å². The maximum Gasteiger partial charge on any atom is 0.243 e. The van der Waals surface area contributed by atoms with E-state index in [1.165, 1.54) is 28.6 Å². The molecule has 0 aromatic heterocycles. The molecular formula is C24H23Br2ClN2O3S. The average molecular weight is 615 g/mol. The number of carbonyl (C=O) groups excluding carboxylic acids is 1. The number of aryl methyl sites for hydroxylation is 2. The van der Waals surface area contributed by atoms with Gasteiger partial charge in [0.2, 0.25) is 15.9 Å². The minimum Gasteiger partial charge on any atom is -0.324 e. The first-order valence-corrected chi connectivity index (χ1v) is 13.6. The summed E-state index contributed by atoms with van der Waals surface area (Å²) in [7, 11) is -3.95. The molecular weight excluding hydrogens is 592 g/mol. The number of amides is 1. The molecule has 3 rings (SSSR count). The van der Waals surface area contributed by atoms with E-state index in [0.29, 0.717) is 10.7 Å². The number of sulfonamides is 1. The summed E-state index contributed by atoms with van der Waals surface area (Å²) in [6.07, 6.45) is 0.724. The molecule has 5 nitrogen and oxygen atoms in total. The van der Waals surface area contributed by atoms with E-state index in [2.05, 4.69) is 37.2 Å². The Labute approximate surface area is 216 Å². The van der Waals surface area contributed by atoms with Gasteiger partial charge < -0.3 is 5.32 Å². The number of anilines is 1. The van der Waals surface area contributed by atoms with Gasteiger partial charge in [0.25, 0.3) is 0 Å². The molecule has 0 saturated carbocycles. The van der Waals surface area contributed by atoms with Gasteiger partial charge in [-0.2, -0.15) is 4.31 Å². The van der Waals surface area contributed by atoms with Gasteiger partial charge in [0.05, 0.1) is 11.4 Å². The monoisotopic (exact) mass is 612 g/mol. The summed E-state index contributed by atoms with van der Waals surface area (Å²) in [6.45, 7) is 3.62. The summed E-state index contributed by atoms with van der Waals surface area (Å²) >= 11 is 12.8. The molecule has 3 aromatic rings. The summed E-state index contributed by atoms with van der Waals surface area (Å²) in [5.41, 5.74) is 3.33. The molecule has 9 heteroatoms. The normalized spacial score (nSPS) is 11.6. The highest BCUT2D eigenvalue weighted by Crippen LogP contribution is 2.27. The number of nitrogens with one attached hydrogen (secondary N) is 1. The second kappa shape index (κ2) is 11.1. The lowest BCUT2D eigenvalue weighted by Crippen LogP contribution is -2.37. The van der Waals surface area contributed by atoms with Crippen molar-refractivity contribution >= 4 is 65.1 Å². The second-order valence-electron chi connectivity index (χ2n) is 7.51. The maximum atomic E-state index is 13.4. The smallest absolute Gasteiger partial charge is 0.243 e. The second-order valence-corrected chi connectivity index (χ2v) is 11.7. The van der Waals surface area contributed by atoms with Crippen molar-refractivity contribution in [1.82, 2.24) is 4.31 Å². The molecule has 174 valence electrons. The number of hydrogen-bond donors (Lipinski definition) is 1. The van der Waals surface area contributed by atoms with Crippen LogP contribution in [0.25, 0.3) is 0 Å². The molecule has 0 atom stereocenters. The largest absolute Gasteiger partial charge is 0.324 e. The van der Waals surface area contributed by atoms with Crippen LogP contribution < -0.4 is 5.32 Å². The standard InChI is InChI=1S/C24H23Br2ClN2O3S/c1-3-18-13-20(26)12-16(2)24(18)28-23(30)15-29(14-17-4-6-19(25)7-5-17)33(31,32)22-10-8-21(27)9-11-22/h4-13H,3,14-15H2,1-2H3,(H,28,30). The van der Waals surface area contributed by atoms with Crippen molar-refractivity contribution in [2.24, 2.45) is 0 Å². The highest BCUT2D eigenvalue weighted by Gasteiger charge is 2.27. The van der Waals surface area contributed by atoms with Crippen LogP contribution in [0.1, 0.15) is 23.6 Å². The fourth-order valence-electron chi connectivity index (χ4n) is 3.38. The van der Waals surface area contributed by atoms with Crippen molar-refractivity contribution in [1.29, 1.82) is 0 Å². The summed E-state index contributed by atoms with van der Waals surface area (Å²) in [4.78, 5) is 13.1. The van der Waals surface area contributed by atoms with Gasteiger partial charge in [-0.1, -0.05) is 62.5 Å². The lowest BCUT2D eigenvalue weighted by molar-refractivity contribution is -0.116. The lowest BCUT2D eigenvalue weighted by Gasteiger charge is -2.23. The first-order chi connectivity index (χ1) is 15.6. The minimum atomic E-state index is -3.95. The molecule has 0 spiro atoms. The Hall–Kier alpha value is -1.71. The Bertz CT molecular complexity index is 1250. The summed E-state index contributed by atoms with van der Waals surface area (Å²) in [6, 6.07) is 17.1. The predicted octanol–water partition coefficient (Wildman–Crippen LogP) is 6.57. The Kier molecular flexibility index (Phi) is 8.75. The van der Waals surface area contributed by atoms with Gasteiger partial charge in [-0.05, 0) is 78.6 Å². The molecule has 0 aliphatic heterocycles. The van der Waals surface area contributed by atoms with Crippen LogP contribution in [0, 0.1) is 6.92 Å². The van der Waals surface area contributed by atoms with Gasteiger partial charge in [0.1, 0.15) is 0 Å². The zero-order valence-corrected chi connectivity index (χ0v) is 22.9. The molecule has 33 heavy (non-hydrogen) atoms. The third-order valence-electron chi connectivity index (χ3n) is 5.07. The number of halogens is 3. The van der Waals surface area contributed by atoms with Crippen molar-refractivity contribution in [2.75, 3.05) is 11.9 Å². The highest BCUT2D eigenvalue weighted by atomic mass is 79.9. The molecule has 0 fully saturated rings. The lowest BCUT2D eigenvalue weighted by atomic mass is 10.1. The highest BCUT2D eigenvalue weighted by molar-refractivity contribution is 9.10. The minimum absolute atomic E-state index is 0.0472. The number of benzene rings is 3. The van der Waals surface area contributed by atoms with Crippen LogP contribution in [0.4, 0.5) is 5.69 Å². The van der Waals surface area contributed by atoms with Crippen LogP contribution >= 0.6 is 43.5 Å². The number of hydrogen-bond acceptors (Lipinski definition) is 3. The van der Waals surface area contributed by atoms with E-state index in [9.17, 15) is 13.2 Å². The molecule has 0 aliphatic carbocycles. The Morgan fingerprint density at radius 1 is 1.00 bits per heavy atom. The SMILES string of the molecule is CCc1cc(Br)cc(C)c1NC(=O)CN(Cc1ccc(Br)cc1)S(=O)(=O)c1ccc(Cl)cc1. The number of nitrogens with zero attached hydrogens (tertiary/aromatic N) is 1. The first kappa shape index (κ1) is 25.9.